The topological polar surface area (TPSA) is 100 Å². The number of carbonyl (C=O) groups is 1. The van der Waals surface area contributed by atoms with Gasteiger partial charge in [0.25, 0.3) is 0 Å². The molecule has 9 heteroatoms. The van der Waals surface area contributed by atoms with Gasteiger partial charge in [0, 0.05) is 58.3 Å². The molecule has 2 fully saturated rings. The largest absolute Gasteiger partial charge is 0.379 e. The highest BCUT2D eigenvalue weighted by atomic mass is 35.5. The highest BCUT2D eigenvalue weighted by molar-refractivity contribution is 6.31. The van der Waals surface area contributed by atoms with Gasteiger partial charge in [-0.15, -0.1) is 0 Å². The number of fused-ring (bicyclic) bond motifs is 2. The first-order valence-corrected chi connectivity index (χ1v) is 12.6. The molecule has 0 spiro atoms. The van der Waals surface area contributed by atoms with Crippen LogP contribution in [-0.4, -0.2) is 30.5 Å². The van der Waals surface area contributed by atoms with Gasteiger partial charge in [-0.3, -0.25) is 9.89 Å². The van der Waals surface area contributed by atoms with Crippen LogP contribution in [0.25, 0.3) is 16.6 Å². The molecule has 2 atom stereocenters. The molecule has 2 aliphatic rings. The molecular formula is C27H24ClN7O. The minimum atomic E-state index is -0.121. The maximum absolute atomic E-state index is 12.9. The third-order valence-corrected chi connectivity index (χ3v) is 7.34. The summed E-state index contributed by atoms with van der Waals surface area (Å²) in [7, 11) is 0. The lowest BCUT2D eigenvalue weighted by Gasteiger charge is -2.08. The third kappa shape index (κ3) is 4.07. The molecule has 1 amide bonds. The normalized spacial score (nSPS) is 19.0. The van der Waals surface area contributed by atoms with E-state index in [1.165, 1.54) is 18.4 Å². The molecule has 180 valence electrons. The number of amides is 1. The fraction of sp³-hybridized carbons (Fsp3) is 0.259. The summed E-state index contributed by atoms with van der Waals surface area (Å²) >= 11 is 6.16. The van der Waals surface area contributed by atoms with Gasteiger partial charge in [-0.05, 0) is 61.1 Å². The van der Waals surface area contributed by atoms with E-state index in [1.807, 2.05) is 30.3 Å². The summed E-state index contributed by atoms with van der Waals surface area (Å²) < 4.78 is 2.10. The second kappa shape index (κ2) is 8.34. The molecule has 2 aliphatic carbocycles. The van der Waals surface area contributed by atoms with Gasteiger partial charge in [0.05, 0.1) is 17.8 Å². The van der Waals surface area contributed by atoms with Crippen LogP contribution in [-0.2, 0) is 11.3 Å². The van der Waals surface area contributed by atoms with Crippen molar-refractivity contribution in [1.82, 2.24) is 24.6 Å². The van der Waals surface area contributed by atoms with Crippen molar-refractivity contribution in [2.75, 3.05) is 10.6 Å². The smallest absolute Gasteiger partial charge is 0.229 e. The van der Waals surface area contributed by atoms with Crippen LogP contribution in [0.5, 0.6) is 0 Å². The molecule has 0 aliphatic heterocycles. The Morgan fingerprint density at radius 2 is 2.06 bits per heavy atom. The van der Waals surface area contributed by atoms with Crippen molar-refractivity contribution >= 4 is 45.6 Å². The molecule has 0 unspecified atom stereocenters. The molecule has 3 N–H and O–H groups in total. The molecule has 8 nitrogen and oxygen atoms in total. The van der Waals surface area contributed by atoms with Crippen molar-refractivity contribution in [2.45, 2.75) is 37.6 Å². The number of nitrogens with zero attached hydrogens (tertiary/aromatic N) is 4. The van der Waals surface area contributed by atoms with Crippen LogP contribution in [0.15, 0.2) is 61.1 Å². The summed E-state index contributed by atoms with van der Waals surface area (Å²) in [6.07, 6.45) is 9.28. The molecule has 1 aromatic carbocycles. The van der Waals surface area contributed by atoms with Crippen LogP contribution in [0, 0.1) is 5.92 Å². The molecule has 0 radical (unpaired) electrons. The zero-order valence-electron chi connectivity index (χ0n) is 19.4. The van der Waals surface area contributed by atoms with Gasteiger partial charge in [-0.25, -0.2) is 9.97 Å². The van der Waals surface area contributed by atoms with Gasteiger partial charge in [0.2, 0.25) is 5.91 Å². The van der Waals surface area contributed by atoms with E-state index in [0.717, 1.165) is 40.0 Å². The monoisotopic (exact) mass is 497 g/mol. The van der Waals surface area contributed by atoms with E-state index in [9.17, 15) is 4.79 Å². The minimum absolute atomic E-state index is 0.0405. The molecule has 4 heterocycles. The SMILES string of the molecule is O=C(Nc1cc(NCc2cn3cc(C4CC4)ccc3n2)ccn1)[C@H]1C[C@@H]1c1[nH]nc2ccc(Cl)cc12. The van der Waals surface area contributed by atoms with E-state index in [1.54, 1.807) is 6.20 Å². The Hall–Kier alpha value is -3.91. The maximum atomic E-state index is 12.9. The summed E-state index contributed by atoms with van der Waals surface area (Å²) in [5.74, 6) is 1.18. The van der Waals surface area contributed by atoms with Crippen LogP contribution >= 0.6 is 11.6 Å². The third-order valence-electron chi connectivity index (χ3n) is 7.10. The lowest BCUT2D eigenvalue weighted by molar-refractivity contribution is -0.117. The van der Waals surface area contributed by atoms with E-state index in [0.29, 0.717) is 23.3 Å². The second-order valence-electron chi connectivity index (χ2n) is 9.75. The second-order valence-corrected chi connectivity index (χ2v) is 10.2. The van der Waals surface area contributed by atoms with Gasteiger partial charge in [0.15, 0.2) is 0 Å². The average Bonchev–Trinajstić information content (AvgIpc) is 3.80. The first-order chi connectivity index (χ1) is 17.6. The fourth-order valence-corrected chi connectivity index (χ4v) is 5.09. The Bertz CT molecular complexity index is 1620. The van der Waals surface area contributed by atoms with Crippen molar-refractivity contribution < 1.29 is 4.79 Å². The highest BCUT2D eigenvalue weighted by Crippen LogP contribution is 2.49. The zero-order chi connectivity index (χ0) is 24.2. The number of H-pyrrole nitrogens is 1. The number of hydrogen-bond donors (Lipinski definition) is 3. The van der Waals surface area contributed by atoms with E-state index >= 15 is 0 Å². The first-order valence-electron chi connectivity index (χ1n) is 12.2. The van der Waals surface area contributed by atoms with Gasteiger partial charge in [-0.2, -0.15) is 5.10 Å². The summed E-state index contributed by atoms with van der Waals surface area (Å²) in [4.78, 5) is 21.9. The van der Waals surface area contributed by atoms with E-state index in [2.05, 4.69) is 54.7 Å². The molecule has 0 bridgehead atoms. The standard InChI is InChI=1S/C27H24ClN7O/c28-17-4-5-23-22(9-17)26(34-33-23)20-11-21(20)27(36)32-24-10-18(7-8-29-24)30-12-19-14-35-13-16(15-1-2-15)3-6-25(35)31-19/h3-10,13-15,20-21H,1-2,11-12H2,(H,33,34)(H2,29,30,32,36)/t20-,21-/m0/s1. The predicted molar refractivity (Wildman–Crippen MR) is 139 cm³/mol. The van der Waals surface area contributed by atoms with Crippen LogP contribution < -0.4 is 10.6 Å². The summed E-state index contributed by atoms with van der Waals surface area (Å²) in [6.45, 7) is 0.581. The number of benzene rings is 1. The van der Waals surface area contributed by atoms with Crippen molar-refractivity contribution in [3.05, 3.63) is 83.0 Å². The van der Waals surface area contributed by atoms with Crippen LogP contribution in [0.2, 0.25) is 5.02 Å². The summed E-state index contributed by atoms with van der Waals surface area (Å²) in [6, 6.07) is 13.6. The zero-order valence-corrected chi connectivity index (χ0v) is 20.2. The summed E-state index contributed by atoms with van der Waals surface area (Å²) in [5.41, 5.74) is 5.99. The Labute approximate surface area is 212 Å². The number of nitrogens with one attached hydrogen (secondary N) is 3. The number of carbonyl (C=O) groups excluding carboxylic acids is 1. The number of hydrogen-bond acceptors (Lipinski definition) is 5. The Morgan fingerprint density at radius 3 is 2.94 bits per heavy atom. The number of rotatable bonds is 7. The molecule has 2 saturated carbocycles. The number of halogens is 1. The quantitative estimate of drug-likeness (QED) is 0.276. The average molecular weight is 498 g/mol. The first kappa shape index (κ1) is 21.4. The number of anilines is 2. The van der Waals surface area contributed by atoms with Gasteiger partial charge < -0.3 is 15.0 Å². The van der Waals surface area contributed by atoms with Crippen molar-refractivity contribution in [3.63, 3.8) is 0 Å². The molecule has 5 aromatic rings. The number of imidazole rings is 1. The Balaban J connectivity index is 0.996. The van der Waals surface area contributed by atoms with Crippen LogP contribution in [0.4, 0.5) is 11.5 Å². The molecule has 4 aromatic heterocycles. The van der Waals surface area contributed by atoms with Gasteiger partial charge in [-0.1, -0.05) is 17.7 Å². The van der Waals surface area contributed by atoms with E-state index in [4.69, 9.17) is 16.6 Å². The molecule has 7 rings (SSSR count). The van der Waals surface area contributed by atoms with Crippen molar-refractivity contribution in [1.29, 1.82) is 0 Å². The molecular weight excluding hydrogens is 474 g/mol. The number of aromatic amines is 1. The Kier molecular flexibility index (Phi) is 4.95. The number of pyridine rings is 2. The lowest BCUT2D eigenvalue weighted by atomic mass is 10.1. The Morgan fingerprint density at radius 1 is 1.14 bits per heavy atom. The molecule has 36 heavy (non-hydrogen) atoms. The van der Waals surface area contributed by atoms with Crippen LogP contribution in [0.1, 0.15) is 48.0 Å². The lowest BCUT2D eigenvalue weighted by Crippen LogP contribution is -2.15. The number of aromatic nitrogens is 5. The summed E-state index contributed by atoms with van der Waals surface area (Å²) in [5, 5.41) is 15.4. The fourth-order valence-electron chi connectivity index (χ4n) is 4.91. The van der Waals surface area contributed by atoms with Crippen molar-refractivity contribution in [2.24, 2.45) is 5.92 Å². The van der Waals surface area contributed by atoms with Crippen molar-refractivity contribution in [3.8, 4) is 0 Å². The van der Waals surface area contributed by atoms with E-state index in [-0.39, 0.29) is 17.7 Å². The maximum Gasteiger partial charge on any atom is 0.229 e. The highest BCUT2D eigenvalue weighted by Gasteiger charge is 2.46. The predicted octanol–water partition coefficient (Wildman–Crippen LogP) is 5.49. The van der Waals surface area contributed by atoms with Crippen LogP contribution in [0.3, 0.4) is 0 Å². The van der Waals surface area contributed by atoms with Gasteiger partial charge >= 0.3 is 0 Å². The minimum Gasteiger partial charge on any atom is -0.379 e. The van der Waals surface area contributed by atoms with E-state index < -0.39 is 0 Å². The molecule has 0 saturated heterocycles. The van der Waals surface area contributed by atoms with Gasteiger partial charge in [0.1, 0.15) is 11.5 Å².